The lowest BCUT2D eigenvalue weighted by molar-refractivity contribution is -0.141. The first-order valence-corrected chi connectivity index (χ1v) is 11.5. The van der Waals surface area contributed by atoms with Crippen LogP contribution >= 0.6 is 16.6 Å². The number of carbonyl (C=O) groups is 1. The summed E-state index contributed by atoms with van der Waals surface area (Å²) in [5.74, 6) is 0.0318. The Hall–Kier alpha value is -0.725. The number of aliphatic hydroxyl groups is 1. The monoisotopic (exact) mass is 376 g/mol. The molecular weight excluding hydrogens is 353 g/mol. The first-order chi connectivity index (χ1) is 12.0. The third kappa shape index (κ3) is 5.14. The summed E-state index contributed by atoms with van der Waals surface area (Å²) >= 11 is 0. The number of aliphatic hydroxyl groups excluding tert-OH is 1. The predicted octanol–water partition coefficient (Wildman–Crippen LogP) is 3.14. The molecule has 7 atom stereocenters. The Labute approximate surface area is 153 Å². The highest BCUT2D eigenvalue weighted by Gasteiger charge is 2.49. The molecule has 2 aliphatic rings. The zero-order chi connectivity index (χ0) is 17.8. The molecule has 7 heteroatoms. The third-order valence-electron chi connectivity index (χ3n) is 4.94. The van der Waals surface area contributed by atoms with Crippen molar-refractivity contribution in [1.82, 2.24) is 0 Å². The zero-order valence-corrected chi connectivity index (χ0v) is 16.1. The Balaban J connectivity index is 1.59. The molecule has 1 aliphatic heterocycles. The molecule has 3 rings (SSSR count). The standard InChI is InChI=1S/C18H23BO4P2/c19-25(24)23-17-11-16-15(10-18(21)22-16)14(17)9-8-13(20)7-6-12-4-2-1-3-5-12/h1-5,8-9,13-17,20H,6-7,10-11,24H2/b9-8+/t13-,14+,15+,16-,17+,25?/m0/s1. The van der Waals surface area contributed by atoms with E-state index in [9.17, 15) is 9.90 Å². The Bertz CT molecular complexity index is 610. The van der Waals surface area contributed by atoms with Crippen molar-refractivity contribution in [2.24, 2.45) is 11.8 Å². The second kappa shape index (κ2) is 8.78. The highest BCUT2D eigenvalue weighted by atomic mass is 32.0. The number of carbonyl (C=O) groups excluding carboxylic acids is 1. The van der Waals surface area contributed by atoms with Crippen LogP contribution in [0.3, 0.4) is 0 Å². The molecule has 1 aromatic carbocycles. The van der Waals surface area contributed by atoms with E-state index in [1.165, 1.54) is 5.56 Å². The Morgan fingerprint density at radius 1 is 1.44 bits per heavy atom. The van der Waals surface area contributed by atoms with Crippen molar-refractivity contribution in [3.05, 3.63) is 48.0 Å². The number of esters is 1. The molecule has 25 heavy (non-hydrogen) atoms. The molecule has 1 N–H and O–H groups in total. The molecule has 1 saturated heterocycles. The van der Waals surface area contributed by atoms with Gasteiger partial charge in [-0.15, -0.1) is 0 Å². The van der Waals surface area contributed by atoms with Crippen LogP contribution < -0.4 is 0 Å². The van der Waals surface area contributed by atoms with Crippen molar-refractivity contribution in [2.45, 2.75) is 44.0 Å². The fourth-order valence-electron chi connectivity index (χ4n) is 3.75. The largest absolute Gasteiger partial charge is 0.462 e. The fraction of sp³-hybridized carbons (Fsp3) is 0.500. The van der Waals surface area contributed by atoms with Crippen molar-refractivity contribution in [3.8, 4) is 0 Å². The summed E-state index contributed by atoms with van der Waals surface area (Å²) in [7, 11) is 7.24. The Kier molecular flexibility index (Phi) is 6.69. The number of benzene rings is 1. The third-order valence-corrected chi connectivity index (χ3v) is 5.81. The number of aryl methyl sites for hydroxylation is 1. The maximum atomic E-state index is 11.6. The quantitative estimate of drug-likeness (QED) is 0.344. The molecule has 2 fully saturated rings. The summed E-state index contributed by atoms with van der Waals surface area (Å²) < 4.78 is 11.2. The summed E-state index contributed by atoms with van der Waals surface area (Å²) in [5.41, 5.74) is 1.21. The van der Waals surface area contributed by atoms with Gasteiger partial charge in [0.15, 0.2) is 7.57 Å². The van der Waals surface area contributed by atoms with E-state index in [-0.39, 0.29) is 30.0 Å². The summed E-state index contributed by atoms with van der Waals surface area (Å²) in [5, 5.41) is 10.3. The van der Waals surface area contributed by atoms with Crippen molar-refractivity contribution in [2.75, 3.05) is 0 Å². The molecule has 1 aromatic rings. The van der Waals surface area contributed by atoms with Crippen molar-refractivity contribution < 1.29 is 19.2 Å². The van der Waals surface area contributed by atoms with E-state index in [1.807, 2.05) is 30.4 Å². The van der Waals surface area contributed by atoms with Gasteiger partial charge in [-0.25, -0.2) is 0 Å². The second-order valence-electron chi connectivity index (χ2n) is 6.69. The molecule has 0 bridgehead atoms. The average molecular weight is 376 g/mol. The van der Waals surface area contributed by atoms with Gasteiger partial charge < -0.3 is 14.4 Å². The van der Waals surface area contributed by atoms with Gasteiger partial charge in [0, 0.05) is 18.3 Å². The number of ether oxygens (including phenoxy) is 1. The maximum Gasteiger partial charge on any atom is 0.306 e. The lowest BCUT2D eigenvalue weighted by atomic mass is 9.91. The highest BCUT2D eigenvalue weighted by Crippen LogP contribution is 2.50. The van der Waals surface area contributed by atoms with Crippen LogP contribution in [0.15, 0.2) is 42.5 Å². The van der Waals surface area contributed by atoms with Gasteiger partial charge in [-0.3, -0.25) is 4.79 Å². The summed E-state index contributed by atoms with van der Waals surface area (Å²) in [6.45, 7) is 0. The highest BCUT2D eigenvalue weighted by molar-refractivity contribution is 8.23. The van der Waals surface area contributed by atoms with E-state index >= 15 is 0 Å². The van der Waals surface area contributed by atoms with Crippen molar-refractivity contribution >= 4 is 30.2 Å². The molecule has 2 radical (unpaired) electrons. The normalized spacial score (nSPS) is 31.0. The first kappa shape index (κ1) is 19.0. The van der Waals surface area contributed by atoms with Crippen LogP contribution in [0.2, 0.25) is 0 Å². The lowest BCUT2D eigenvalue weighted by Crippen LogP contribution is -2.20. The molecule has 132 valence electrons. The average Bonchev–Trinajstić information content (AvgIpc) is 3.07. The van der Waals surface area contributed by atoms with Crippen LogP contribution in [0, 0.1) is 11.8 Å². The van der Waals surface area contributed by atoms with Crippen LogP contribution in [0.25, 0.3) is 0 Å². The summed E-state index contributed by atoms with van der Waals surface area (Å²) in [4.78, 5) is 11.6. The van der Waals surface area contributed by atoms with Gasteiger partial charge in [-0.1, -0.05) is 51.4 Å². The molecule has 1 heterocycles. The second-order valence-corrected chi connectivity index (χ2v) is 9.15. The van der Waals surface area contributed by atoms with Gasteiger partial charge in [0.1, 0.15) is 6.10 Å². The fourth-order valence-corrected chi connectivity index (χ4v) is 4.75. The Morgan fingerprint density at radius 3 is 2.92 bits per heavy atom. The van der Waals surface area contributed by atoms with Crippen LogP contribution in [0.4, 0.5) is 0 Å². The van der Waals surface area contributed by atoms with Crippen LogP contribution in [0.5, 0.6) is 0 Å². The topological polar surface area (TPSA) is 55.8 Å². The smallest absolute Gasteiger partial charge is 0.306 e. The molecule has 0 spiro atoms. The maximum absolute atomic E-state index is 11.6. The number of fused-ring (bicyclic) bond motifs is 1. The molecule has 4 nitrogen and oxygen atoms in total. The first-order valence-electron chi connectivity index (χ1n) is 8.59. The summed E-state index contributed by atoms with van der Waals surface area (Å²) in [6, 6.07) is 10.1. The van der Waals surface area contributed by atoms with Gasteiger partial charge in [0.25, 0.3) is 0 Å². The predicted molar refractivity (Wildman–Crippen MR) is 103 cm³/mol. The van der Waals surface area contributed by atoms with Gasteiger partial charge in [0.2, 0.25) is 0 Å². The molecule has 0 aromatic heterocycles. The van der Waals surface area contributed by atoms with E-state index < -0.39 is 13.8 Å². The molecule has 2 unspecified atom stereocenters. The van der Waals surface area contributed by atoms with E-state index in [1.54, 1.807) is 0 Å². The molecule has 1 aliphatic carbocycles. The number of hydrogen-bond donors (Lipinski definition) is 1. The van der Waals surface area contributed by atoms with Crippen LogP contribution in [-0.2, 0) is 20.5 Å². The number of rotatable bonds is 7. The van der Waals surface area contributed by atoms with Crippen LogP contribution in [0.1, 0.15) is 24.8 Å². The minimum atomic E-state index is -1.05. The van der Waals surface area contributed by atoms with Crippen molar-refractivity contribution in [3.63, 3.8) is 0 Å². The SMILES string of the molecule is [B]P(P)O[C@@H]1C[C@@H]2OC(=O)C[C@@H]2[C@H]1/C=C/[C@@H](O)CCc1ccccc1. The molecule has 0 amide bonds. The Morgan fingerprint density at radius 2 is 2.20 bits per heavy atom. The van der Waals surface area contributed by atoms with Gasteiger partial charge in [0.05, 0.1) is 18.6 Å². The molecule has 1 saturated carbocycles. The minimum absolute atomic E-state index is 0.0527. The van der Waals surface area contributed by atoms with Crippen LogP contribution in [-0.4, -0.2) is 37.0 Å². The number of hydrogen-bond acceptors (Lipinski definition) is 4. The zero-order valence-electron chi connectivity index (χ0n) is 14.0. The van der Waals surface area contributed by atoms with E-state index in [0.29, 0.717) is 19.3 Å². The van der Waals surface area contributed by atoms with E-state index in [4.69, 9.17) is 16.8 Å². The summed E-state index contributed by atoms with van der Waals surface area (Å²) in [6.07, 6.45) is 5.73. The van der Waals surface area contributed by atoms with Gasteiger partial charge in [-0.2, -0.15) is 0 Å². The van der Waals surface area contributed by atoms with E-state index in [2.05, 4.69) is 21.1 Å². The van der Waals surface area contributed by atoms with Gasteiger partial charge >= 0.3 is 5.97 Å². The van der Waals surface area contributed by atoms with Crippen molar-refractivity contribution in [1.29, 1.82) is 0 Å². The van der Waals surface area contributed by atoms with Gasteiger partial charge in [-0.05, 0) is 26.1 Å². The minimum Gasteiger partial charge on any atom is -0.462 e. The molecular formula is C18H23BO4P2. The van der Waals surface area contributed by atoms with E-state index in [0.717, 1.165) is 6.42 Å². The lowest BCUT2D eigenvalue weighted by Gasteiger charge is -2.22.